The summed E-state index contributed by atoms with van der Waals surface area (Å²) in [6.07, 6.45) is 15.2. The van der Waals surface area contributed by atoms with Crippen molar-refractivity contribution in [3.05, 3.63) is 78.6 Å². The molecule has 1 aromatic carbocycles. The molecule has 2 aromatic rings. The largest absolute Gasteiger partial charge is 0.348 e. The molecule has 0 radical (unpaired) electrons. The molecule has 3 rings (SSSR count). The van der Waals surface area contributed by atoms with Crippen molar-refractivity contribution in [2.75, 3.05) is 5.32 Å². The number of amidine groups is 1. The number of rotatable bonds is 9. The van der Waals surface area contributed by atoms with Gasteiger partial charge in [0, 0.05) is 29.6 Å². The smallest absolute Gasteiger partial charge is 0.236 e. The molecule has 1 aromatic heterocycles. The molecular weight excluding hydrogens is 434 g/mol. The highest BCUT2D eigenvalue weighted by atomic mass is 16.2. The van der Waals surface area contributed by atoms with Crippen LogP contribution in [0, 0.1) is 5.41 Å². The molecular formula is C29H37N5O. The molecule has 1 amide bonds. The van der Waals surface area contributed by atoms with Crippen molar-refractivity contribution in [2.45, 2.75) is 66.2 Å². The van der Waals surface area contributed by atoms with Crippen LogP contribution in [-0.4, -0.2) is 21.7 Å². The maximum atomic E-state index is 13.3. The third-order valence-electron chi connectivity index (χ3n) is 6.06. The summed E-state index contributed by atoms with van der Waals surface area (Å²) in [5, 5.41) is 6.36. The molecule has 0 bridgehead atoms. The first-order chi connectivity index (χ1) is 16.8. The normalized spacial score (nSPS) is 16.2. The fraction of sp³-hybridized carbons (Fsp3) is 0.379. The second-order valence-electron chi connectivity index (χ2n) is 9.32. The minimum Gasteiger partial charge on any atom is -0.348 e. The van der Waals surface area contributed by atoms with E-state index in [1.165, 1.54) is 0 Å². The second-order valence-corrected chi connectivity index (χ2v) is 9.32. The Balaban J connectivity index is 1.74. The summed E-state index contributed by atoms with van der Waals surface area (Å²) < 4.78 is 0. The summed E-state index contributed by atoms with van der Waals surface area (Å²) in [5.74, 6) is 0.712. The first kappa shape index (κ1) is 26.1. The van der Waals surface area contributed by atoms with Gasteiger partial charge in [-0.1, -0.05) is 51.1 Å². The summed E-state index contributed by atoms with van der Waals surface area (Å²) in [5.41, 5.74) is 4.32. The predicted molar refractivity (Wildman–Crippen MR) is 145 cm³/mol. The van der Waals surface area contributed by atoms with Crippen molar-refractivity contribution < 1.29 is 4.79 Å². The number of hydrogen-bond acceptors (Lipinski definition) is 5. The van der Waals surface area contributed by atoms with E-state index in [0.29, 0.717) is 5.70 Å². The van der Waals surface area contributed by atoms with Gasteiger partial charge in [0.05, 0.1) is 28.7 Å². The van der Waals surface area contributed by atoms with Gasteiger partial charge in [-0.15, -0.1) is 0 Å². The number of aliphatic imine (C=N–C) groups is 1. The molecule has 2 N–H and O–H groups in total. The number of allylic oxidation sites excluding steroid dienone is 4. The zero-order valence-electron chi connectivity index (χ0n) is 21.4. The molecule has 0 spiro atoms. The number of nitrogens with zero attached hydrogens (tertiary/aromatic N) is 3. The Morgan fingerprint density at radius 1 is 1.11 bits per heavy atom. The zero-order valence-corrected chi connectivity index (χ0v) is 21.4. The van der Waals surface area contributed by atoms with Gasteiger partial charge < -0.3 is 10.6 Å². The number of unbranched alkanes of at least 4 members (excludes halogenated alkanes) is 1. The van der Waals surface area contributed by atoms with Crippen LogP contribution in [0.4, 0.5) is 5.69 Å². The maximum absolute atomic E-state index is 13.3. The van der Waals surface area contributed by atoms with Gasteiger partial charge in [0.25, 0.3) is 0 Å². The number of carbonyl (C=O) groups excluding carboxylic acids is 1. The minimum absolute atomic E-state index is 0.121. The van der Waals surface area contributed by atoms with Gasteiger partial charge in [0.15, 0.2) is 0 Å². The SMILES string of the molecule is C=C(CC)NC1=N/C(C(C)(C)C(=O)Nc2ccc(-c3cncc(CCCC)n3)cc2)=C\C=C/CC1. The summed E-state index contributed by atoms with van der Waals surface area (Å²) in [6.45, 7) is 12.0. The molecule has 0 fully saturated rings. The molecule has 0 saturated heterocycles. The van der Waals surface area contributed by atoms with Crippen molar-refractivity contribution in [3.8, 4) is 11.3 Å². The molecule has 184 valence electrons. The lowest BCUT2D eigenvalue weighted by molar-refractivity contribution is -0.122. The molecule has 6 heteroatoms. The predicted octanol–water partition coefficient (Wildman–Crippen LogP) is 6.60. The number of hydrogen-bond donors (Lipinski definition) is 2. The highest BCUT2D eigenvalue weighted by Crippen LogP contribution is 2.31. The summed E-state index contributed by atoms with van der Waals surface area (Å²) >= 11 is 0. The van der Waals surface area contributed by atoms with Crippen molar-refractivity contribution in [3.63, 3.8) is 0 Å². The van der Waals surface area contributed by atoms with Gasteiger partial charge >= 0.3 is 0 Å². The summed E-state index contributed by atoms with van der Waals surface area (Å²) in [6, 6.07) is 7.73. The lowest BCUT2D eigenvalue weighted by Gasteiger charge is -2.26. The minimum atomic E-state index is -0.833. The third-order valence-corrected chi connectivity index (χ3v) is 6.06. The van der Waals surface area contributed by atoms with Gasteiger partial charge in [0.1, 0.15) is 5.84 Å². The van der Waals surface area contributed by atoms with Crippen LogP contribution in [0.25, 0.3) is 11.3 Å². The molecule has 1 aliphatic heterocycles. The van der Waals surface area contributed by atoms with Gasteiger partial charge in [-0.05, 0) is 57.7 Å². The Morgan fingerprint density at radius 3 is 2.60 bits per heavy atom. The van der Waals surface area contributed by atoms with E-state index >= 15 is 0 Å². The average Bonchev–Trinajstić information content (AvgIpc) is 2.84. The Morgan fingerprint density at radius 2 is 1.89 bits per heavy atom. The highest BCUT2D eigenvalue weighted by molar-refractivity contribution is 5.97. The molecule has 2 heterocycles. The van der Waals surface area contributed by atoms with E-state index in [9.17, 15) is 4.79 Å². The number of benzene rings is 1. The van der Waals surface area contributed by atoms with E-state index in [0.717, 1.165) is 72.7 Å². The van der Waals surface area contributed by atoms with Crippen molar-refractivity contribution >= 4 is 17.4 Å². The van der Waals surface area contributed by atoms with E-state index in [2.05, 4.69) is 35.2 Å². The Labute approximate surface area is 209 Å². The quantitative estimate of drug-likeness (QED) is 0.432. The van der Waals surface area contributed by atoms with E-state index in [-0.39, 0.29) is 5.91 Å². The molecule has 0 saturated carbocycles. The monoisotopic (exact) mass is 471 g/mol. The van der Waals surface area contributed by atoms with Gasteiger partial charge in [-0.25, -0.2) is 9.98 Å². The molecule has 6 nitrogen and oxygen atoms in total. The Bertz CT molecular complexity index is 1130. The second kappa shape index (κ2) is 12.2. The number of aryl methyl sites for hydroxylation is 1. The van der Waals surface area contributed by atoms with Crippen molar-refractivity contribution in [1.29, 1.82) is 0 Å². The Hall–Kier alpha value is -3.54. The highest BCUT2D eigenvalue weighted by Gasteiger charge is 2.32. The van der Waals surface area contributed by atoms with Crippen LogP contribution in [0.5, 0.6) is 0 Å². The first-order valence-electron chi connectivity index (χ1n) is 12.5. The van der Waals surface area contributed by atoms with Crippen LogP contribution < -0.4 is 10.6 Å². The van der Waals surface area contributed by atoms with Gasteiger partial charge in [-0.2, -0.15) is 0 Å². The maximum Gasteiger partial charge on any atom is 0.236 e. The first-order valence-corrected chi connectivity index (χ1v) is 12.5. The van der Waals surface area contributed by atoms with Crippen LogP contribution >= 0.6 is 0 Å². The third kappa shape index (κ3) is 7.22. The zero-order chi connectivity index (χ0) is 25.3. The van der Waals surface area contributed by atoms with E-state index in [1.54, 1.807) is 6.20 Å². The van der Waals surface area contributed by atoms with Crippen LogP contribution in [0.15, 0.2) is 77.9 Å². The summed E-state index contributed by atoms with van der Waals surface area (Å²) in [7, 11) is 0. The van der Waals surface area contributed by atoms with E-state index < -0.39 is 5.41 Å². The molecule has 1 aliphatic rings. The molecule has 35 heavy (non-hydrogen) atoms. The average molecular weight is 472 g/mol. The van der Waals surface area contributed by atoms with Crippen LogP contribution in [-0.2, 0) is 11.2 Å². The lowest BCUT2D eigenvalue weighted by atomic mass is 9.87. The van der Waals surface area contributed by atoms with Crippen molar-refractivity contribution in [2.24, 2.45) is 10.4 Å². The number of aromatic nitrogens is 2. The molecule has 0 atom stereocenters. The lowest BCUT2D eigenvalue weighted by Crippen LogP contribution is -2.33. The van der Waals surface area contributed by atoms with Gasteiger partial charge in [0.2, 0.25) is 5.91 Å². The number of carbonyl (C=O) groups is 1. The van der Waals surface area contributed by atoms with E-state index in [1.807, 2.05) is 63.4 Å². The molecule has 0 aliphatic carbocycles. The van der Waals surface area contributed by atoms with Crippen LogP contribution in [0.1, 0.15) is 65.5 Å². The van der Waals surface area contributed by atoms with Crippen LogP contribution in [0.3, 0.4) is 0 Å². The molecule has 0 unspecified atom stereocenters. The number of anilines is 1. The Kier molecular flexibility index (Phi) is 9.12. The summed E-state index contributed by atoms with van der Waals surface area (Å²) in [4.78, 5) is 27.2. The fourth-order valence-electron chi connectivity index (χ4n) is 3.60. The van der Waals surface area contributed by atoms with E-state index in [4.69, 9.17) is 9.98 Å². The van der Waals surface area contributed by atoms with Crippen molar-refractivity contribution in [1.82, 2.24) is 15.3 Å². The number of amides is 1. The standard InChI is InChI=1S/C29H37N5O/c1-6-8-12-24-19-30-20-25(32-24)22-15-17-23(18-16-22)33-28(35)29(4,5)26-13-10-9-11-14-27(34-26)31-21(3)7-2/h9-10,13,15-20H,3,6-8,11-12,14H2,1-2,4-5H3,(H,31,34)(H,33,35)/b10-9-,26-13-. The topological polar surface area (TPSA) is 79.3 Å². The van der Waals surface area contributed by atoms with Crippen LogP contribution in [0.2, 0.25) is 0 Å². The fourth-order valence-corrected chi connectivity index (χ4v) is 3.60. The van der Waals surface area contributed by atoms with Gasteiger partial charge in [-0.3, -0.25) is 9.78 Å². The number of nitrogens with one attached hydrogen (secondary N) is 2.